The maximum absolute atomic E-state index is 12.9. The van der Waals surface area contributed by atoms with Crippen molar-refractivity contribution in [3.63, 3.8) is 0 Å². The number of allylic oxidation sites excluding steroid dienone is 10. The number of esters is 3. The van der Waals surface area contributed by atoms with E-state index in [-0.39, 0.29) is 31.1 Å². The largest absolute Gasteiger partial charge is 0.462 e. The monoisotopic (exact) mass is 1120 g/mol. The molecule has 0 aromatic heterocycles. The average Bonchev–Trinajstić information content (AvgIpc) is 3.46. The highest BCUT2D eigenvalue weighted by atomic mass is 16.6. The van der Waals surface area contributed by atoms with E-state index in [4.69, 9.17) is 14.2 Å². The molecule has 80 heavy (non-hydrogen) atoms. The molecule has 0 N–H and O–H groups in total. The molecule has 6 heteroatoms. The van der Waals surface area contributed by atoms with Gasteiger partial charge < -0.3 is 14.2 Å². The molecule has 0 aliphatic rings. The fraction of sp³-hybridized carbons (Fsp3) is 0.824. The maximum atomic E-state index is 12.9. The van der Waals surface area contributed by atoms with Crippen molar-refractivity contribution in [3.05, 3.63) is 60.8 Å². The van der Waals surface area contributed by atoms with Gasteiger partial charge in [0.05, 0.1) is 0 Å². The van der Waals surface area contributed by atoms with Crippen molar-refractivity contribution in [1.29, 1.82) is 0 Å². The second kappa shape index (κ2) is 68.6. The lowest BCUT2D eigenvalue weighted by molar-refractivity contribution is -0.167. The summed E-state index contributed by atoms with van der Waals surface area (Å²) in [6.07, 6.45) is 88.1. The molecule has 0 aliphatic heterocycles. The third-order valence-corrected chi connectivity index (χ3v) is 15.7. The first-order valence-corrected chi connectivity index (χ1v) is 35.3. The molecular formula is C74H134O6. The summed E-state index contributed by atoms with van der Waals surface area (Å²) in [6, 6.07) is 0. The van der Waals surface area contributed by atoms with E-state index in [2.05, 4.69) is 81.5 Å². The lowest BCUT2D eigenvalue weighted by Gasteiger charge is -2.18. The predicted molar refractivity (Wildman–Crippen MR) is 348 cm³/mol. The Labute approximate surface area is 498 Å². The van der Waals surface area contributed by atoms with E-state index >= 15 is 0 Å². The highest BCUT2D eigenvalue weighted by Gasteiger charge is 2.19. The Bertz CT molecular complexity index is 1430. The molecule has 0 saturated carbocycles. The molecule has 0 spiro atoms. The van der Waals surface area contributed by atoms with E-state index in [0.717, 1.165) is 83.5 Å². The van der Waals surface area contributed by atoms with Gasteiger partial charge in [0.25, 0.3) is 0 Å². The van der Waals surface area contributed by atoms with Gasteiger partial charge in [-0.2, -0.15) is 0 Å². The molecular weight excluding hydrogens is 985 g/mol. The maximum Gasteiger partial charge on any atom is 0.306 e. The van der Waals surface area contributed by atoms with Crippen LogP contribution in [-0.2, 0) is 28.6 Å². The van der Waals surface area contributed by atoms with Crippen molar-refractivity contribution in [2.75, 3.05) is 13.2 Å². The molecule has 0 radical (unpaired) electrons. The molecule has 466 valence electrons. The third-order valence-electron chi connectivity index (χ3n) is 15.7. The number of unbranched alkanes of at least 4 members (excludes halogenated alkanes) is 44. The summed E-state index contributed by atoms with van der Waals surface area (Å²) >= 11 is 0. The summed E-state index contributed by atoms with van der Waals surface area (Å²) in [6.45, 7) is 6.66. The van der Waals surface area contributed by atoms with Gasteiger partial charge in [-0.3, -0.25) is 14.4 Å². The number of carbonyl (C=O) groups is 3. The second-order valence-corrected chi connectivity index (χ2v) is 23.8. The lowest BCUT2D eigenvalue weighted by Crippen LogP contribution is -2.30. The molecule has 0 amide bonds. The smallest absolute Gasteiger partial charge is 0.306 e. The summed E-state index contributed by atoms with van der Waals surface area (Å²) < 4.78 is 17.0. The minimum Gasteiger partial charge on any atom is -0.462 e. The summed E-state index contributed by atoms with van der Waals surface area (Å²) in [7, 11) is 0. The van der Waals surface area contributed by atoms with Crippen molar-refractivity contribution < 1.29 is 28.6 Å². The third kappa shape index (κ3) is 65.9. The Kier molecular flexibility index (Phi) is 66.1. The number of hydrogen-bond donors (Lipinski definition) is 0. The molecule has 0 heterocycles. The quantitative estimate of drug-likeness (QED) is 0.0261. The van der Waals surface area contributed by atoms with Crippen LogP contribution >= 0.6 is 0 Å². The molecule has 0 rings (SSSR count). The van der Waals surface area contributed by atoms with Crippen LogP contribution in [0.15, 0.2) is 60.8 Å². The van der Waals surface area contributed by atoms with Gasteiger partial charge in [-0.15, -0.1) is 0 Å². The van der Waals surface area contributed by atoms with Gasteiger partial charge in [-0.1, -0.05) is 326 Å². The Hall–Kier alpha value is -2.89. The Morgan fingerprint density at radius 2 is 0.450 bits per heavy atom. The molecule has 1 unspecified atom stereocenters. The molecule has 6 nitrogen and oxygen atoms in total. The zero-order chi connectivity index (χ0) is 57.8. The Morgan fingerprint density at radius 1 is 0.250 bits per heavy atom. The lowest BCUT2D eigenvalue weighted by atomic mass is 10.0. The number of hydrogen-bond acceptors (Lipinski definition) is 6. The van der Waals surface area contributed by atoms with E-state index in [1.807, 2.05) is 0 Å². The first-order valence-electron chi connectivity index (χ1n) is 35.3. The van der Waals surface area contributed by atoms with Gasteiger partial charge >= 0.3 is 17.9 Å². The van der Waals surface area contributed by atoms with Gasteiger partial charge in [0.1, 0.15) is 13.2 Å². The van der Waals surface area contributed by atoms with Crippen LogP contribution in [-0.4, -0.2) is 37.2 Å². The standard InChI is InChI=1S/C74H134O6/c1-4-7-10-13-16-19-22-25-28-30-32-33-34-35-36-37-38-39-40-41-42-44-46-49-52-55-58-61-64-67-73(76)79-70-71(69-78-72(75)66-63-60-57-54-51-48-45-27-24-21-18-15-12-9-6-3)80-74(77)68-65-62-59-56-53-50-47-43-31-29-26-23-20-17-14-11-8-5-2/h20,22-23,25,29-32,34-35,71H,4-19,21,24,26-28,33,36-70H2,1-3H3/b23-20-,25-22-,31-29-,32-30-,35-34-. The highest BCUT2D eigenvalue weighted by Crippen LogP contribution is 2.18. The summed E-state index contributed by atoms with van der Waals surface area (Å²) in [5.41, 5.74) is 0. The molecule has 0 saturated heterocycles. The van der Waals surface area contributed by atoms with Crippen molar-refractivity contribution in [3.8, 4) is 0 Å². The van der Waals surface area contributed by atoms with Crippen LogP contribution in [0.25, 0.3) is 0 Å². The van der Waals surface area contributed by atoms with E-state index in [1.165, 1.54) is 250 Å². The molecule has 0 bridgehead atoms. The number of ether oxygens (including phenoxy) is 3. The summed E-state index contributed by atoms with van der Waals surface area (Å²) in [5.74, 6) is -0.858. The molecule has 0 aliphatic carbocycles. The van der Waals surface area contributed by atoms with Gasteiger partial charge in [0.2, 0.25) is 0 Å². The van der Waals surface area contributed by atoms with Gasteiger partial charge in [-0.25, -0.2) is 0 Å². The van der Waals surface area contributed by atoms with Gasteiger partial charge in [0.15, 0.2) is 6.10 Å². The Morgan fingerprint density at radius 3 is 0.713 bits per heavy atom. The number of rotatable bonds is 65. The molecule has 0 fully saturated rings. The fourth-order valence-corrected chi connectivity index (χ4v) is 10.4. The SMILES string of the molecule is CCCCCC/C=C\C/C=C\CCCCCCCCCC(=O)OC(COC(=O)CCCCCCCCCCCCCCCCC)COC(=O)CCCCCCCCCCCCCCCC/C=C\C/C=C\C/C=C\CCCCCCC. The van der Waals surface area contributed by atoms with Crippen LogP contribution in [0, 0.1) is 0 Å². The molecule has 0 aromatic rings. The zero-order valence-corrected chi connectivity index (χ0v) is 53.6. The first-order chi connectivity index (χ1) is 39.5. The number of carbonyl (C=O) groups excluding carboxylic acids is 3. The molecule has 0 aromatic carbocycles. The minimum atomic E-state index is -0.778. The average molecular weight is 1120 g/mol. The second-order valence-electron chi connectivity index (χ2n) is 23.8. The minimum absolute atomic E-state index is 0.0730. The zero-order valence-electron chi connectivity index (χ0n) is 53.6. The highest BCUT2D eigenvalue weighted by molar-refractivity contribution is 5.71. The van der Waals surface area contributed by atoms with Crippen LogP contribution in [0.1, 0.15) is 374 Å². The normalized spacial score (nSPS) is 12.4. The summed E-state index contributed by atoms with van der Waals surface area (Å²) in [4.78, 5) is 38.4. The van der Waals surface area contributed by atoms with Crippen molar-refractivity contribution in [2.24, 2.45) is 0 Å². The fourth-order valence-electron chi connectivity index (χ4n) is 10.4. The van der Waals surface area contributed by atoms with Crippen LogP contribution in [0.2, 0.25) is 0 Å². The van der Waals surface area contributed by atoms with Crippen molar-refractivity contribution in [2.45, 2.75) is 380 Å². The van der Waals surface area contributed by atoms with E-state index in [9.17, 15) is 14.4 Å². The van der Waals surface area contributed by atoms with E-state index in [0.29, 0.717) is 19.3 Å². The van der Waals surface area contributed by atoms with Gasteiger partial charge in [-0.05, 0) is 89.9 Å². The van der Waals surface area contributed by atoms with Crippen LogP contribution in [0.3, 0.4) is 0 Å². The van der Waals surface area contributed by atoms with E-state index < -0.39 is 6.10 Å². The van der Waals surface area contributed by atoms with Gasteiger partial charge in [0, 0.05) is 19.3 Å². The van der Waals surface area contributed by atoms with Crippen LogP contribution in [0.4, 0.5) is 0 Å². The Balaban J connectivity index is 4.25. The van der Waals surface area contributed by atoms with Crippen molar-refractivity contribution in [1.82, 2.24) is 0 Å². The van der Waals surface area contributed by atoms with Crippen LogP contribution < -0.4 is 0 Å². The topological polar surface area (TPSA) is 78.9 Å². The summed E-state index contributed by atoms with van der Waals surface area (Å²) in [5, 5.41) is 0. The van der Waals surface area contributed by atoms with E-state index in [1.54, 1.807) is 0 Å². The van der Waals surface area contributed by atoms with Crippen molar-refractivity contribution >= 4 is 17.9 Å². The first kappa shape index (κ1) is 77.1. The molecule has 1 atom stereocenters. The van der Waals surface area contributed by atoms with Crippen LogP contribution in [0.5, 0.6) is 0 Å². The predicted octanol–water partition coefficient (Wildman–Crippen LogP) is 24.3.